The number of hydrogen-bond donors (Lipinski definition) is 1. The van der Waals surface area contributed by atoms with E-state index < -0.39 is 0 Å². The Kier molecular flexibility index (Phi) is 1.29. The predicted molar refractivity (Wildman–Crippen MR) is 29.3 cm³/mol. The number of nitrogens with one attached hydrogen (secondary N) is 1. The molecule has 1 heterocycles. The average Bonchev–Trinajstić information content (AvgIpc) is 1.86. The van der Waals surface area contributed by atoms with Gasteiger partial charge in [0.2, 0.25) is 0 Å². The smallest absolute Gasteiger partial charge is 0.199 e. The summed E-state index contributed by atoms with van der Waals surface area (Å²) in [6.07, 6.45) is 0. The molecule has 0 radical (unpaired) electrons. The standard InChI is InChI=1S/C2H3NOS2/c5-2-1-6-3-4-2/h3H,1H2. The Morgan fingerprint density at radius 3 is 3.00 bits per heavy atom. The highest BCUT2D eigenvalue weighted by atomic mass is 32.2. The minimum Gasteiger partial charge on any atom is -0.390 e. The predicted octanol–water partition coefficient (Wildman–Crippen LogP) is 0.497. The average molecular weight is 121 g/mol. The Labute approximate surface area is 45.3 Å². The van der Waals surface area contributed by atoms with Crippen LogP contribution in [0.3, 0.4) is 0 Å². The summed E-state index contributed by atoms with van der Waals surface area (Å²) < 4.78 is 0. The molecule has 0 aliphatic carbocycles. The maximum Gasteiger partial charge on any atom is 0.199 e. The fraction of sp³-hybridized carbons (Fsp3) is 0.500. The van der Waals surface area contributed by atoms with Crippen LogP contribution in [-0.2, 0) is 4.84 Å². The molecule has 2 nitrogen and oxygen atoms in total. The molecule has 1 rings (SSSR count). The molecule has 34 valence electrons. The lowest BCUT2D eigenvalue weighted by atomic mass is 10.9. The van der Waals surface area contributed by atoms with Crippen molar-refractivity contribution < 1.29 is 4.84 Å². The van der Waals surface area contributed by atoms with Gasteiger partial charge in [-0.15, -0.1) is 0 Å². The van der Waals surface area contributed by atoms with Gasteiger partial charge >= 0.3 is 0 Å². The Bertz CT molecular complexity index is 65.9. The van der Waals surface area contributed by atoms with Crippen LogP contribution in [0.5, 0.6) is 0 Å². The number of rotatable bonds is 0. The van der Waals surface area contributed by atoms with Crippen molar-refractivity contribution in [3.63, 3.8) is 0 Å². The van der Waals surface area contributed by atoms with Gasteiger partial charge < -0.3 is 4.84 Å². The van der Waals surface area contributed by atoms with Crippen molar-refractivity contribution in [2.24, 2.45) is 0 Å². The van der Waals surface area contributed by atoms with Gasteiger partial charge in [0.1, 0.15) is 0 Å². The molecule has 1 N–H and O–H groups in total. The van der Waals surface area contributed by atoms with Crippen LogP contribution in [-0.4, -0.2) is 10.8 Å². The first-order valence-electron chi connectivity index (χ1n) is 1.46. The van der Waals surface area contributed by atoms with Gasteiger partial charge in [-0.2, -0.15) is 0 Å². The van der Waals surface area contributed by atoms with E-state index in [9.17, 15) is 0 Å². The van der Waals surface area contributed by atoms with Crippen molar-refractivity contribution in [3.05, 3.63) is 0 Å². The van der Waals surface area contributed by atoms with Crippen LogP contribution >= 0.6 is 24.2 Å². The molecule has 1 fully saturated rings. The molecule has 4 heteroatoms. The molecule has 0 atom stereocenters. The Hall–Kier alpha value is 0.200. The summed E-state index contributed by atoms with van der Waals surface area (Å²) in [5.41, 5.74) is 0. The third-order valence-corrected chi connectivity index (χ3v) is 1.42. The molecule has 0 amide bonds. The van der Waals surface area contributed by atoms with Crippen molar-refractivity contribution in [2.45, 2.75) is 0 Å². The van der Waals surface area contributed by atoms with Gasteiger partial charge in [0.05, 0.1) is 5.75 Å². The largest absolute Gasteiger partial charge is 0.390 e. The van der Waals surface area contributed by atoms with Crippen molar-refractivity contribution in [3.8, 4) is 0 Å². The summed E-state index contributed by atoms with van der Waals surface area (Å²) in [5, 5.41) is 0.639. The quantitative estimate of drug-likeness (QED) is 0.372. The van der Waals surface area contributed by atoms with Gasteiger partial charge in [-0.25, -0.2) is 0 Å². The van der Waals surface area contributed by atoms with E-state index in [1.54, 1.807) is 0 Å². The molecule has 0 saturated carbocycles. The van der Waals surface area contributed by atoms with E-state index in [1.165, 1.54) is 11.9 Å². The number of hydrogen-bond acceptors (Lipinski definition) is 4. The Morgan fingerprint density at radius 2 is 2.83 bits per heavy atom. The zero-order valence-corrected chi connectivity index (χ0v) is 4.56. The highest BCUT2D eigenvalue weighted by Gasteiger charge is 2.04. The van der Waals surface area contributed by atoms with E-state index in [0.717, 1.165) is 5.75 Å². The van der Waals surface area contributed by atoms with Crippen LogP contribution in [0, 0.1) is 0 Å². The van der Waals surface area contributed by atoms with Gasteiger partial charge in [-0.05, 0) is 24.2 Å². The summed E-state index contributed by atoms with van der Waals surface area (Å²) in [5.74, 6) is 0.801. The van der Waals surface area contributed by atoms with E-state index in [2.05, 4.69) is 21.9 Å². The van der Waals surface area contributed by atoms with E-state index in [1.807, 2.05) is 0 Å². The Balaban J connectivity index is 2.37. The zero-order chi connectivity index (χ0) is 4.41. The zero-order valence-electron chi connectivity index (χ0n) is 2.93. The monoisotopic (exact) mass is 121 g/mol. The van der Waals surface area contributed by atoms with Crippen LogP contribution in [0.1, 0.15) is 0 Å². The lowest BCUT2D eigenvalue weighted by Gasteiger charge is -1.83. The molecule has 0 aromatic carbocycles. The van der Waals surface area contributed by atoms with Crippen molar-refractivity contribution >= 4 is 29.2 Å². The van der Waals surface area contributed by atoms with Crippen molar-refractivity contribution in [1.29, 1.82) is 0 Å². The van der Waals surface area contributed by atoms with E-state index >= 15 is 0 Å². The fourth-order valence-corrected chi connectivity index (χ4v) is 0.860. The first kappa shape index (κ1) is 4.36. The van der Waals surface area contributed by atoms with Crippen LogP contribution < -0.4 is 4.89 Å². The highest BCUT2D eigenvalue weighted by molar-refractivity contribution is 7.99. The first-order chi connectivity index (χ1) is 2.89. The molecule has 1 saturated heterocycles. The maximum absolute atomic E-state index is 4.61. The molecule has 6 heavy (non-hydrogen) atoms. The summed E-state index contributed by atoms with van der Waals surface area (Å²) in [6.45, 7) is 0. The summed E-state index contributed by atoms with van der Waals surface area (Å²) in [6, 6.07) is 0. The topological polar surface area (TPSA) is 21.3 Å². The molecule has 0 aromatic heterocycles. The second kappa shape index (κ2) is 1.77. The van der Waals surface area contributed by atoms with Gasteiger partial charge in [0, 0.05) is 0 Å². The molecule has 0 aromatic rings. The van der Waals surface area contributed by atoms with E-state index in [4.69, 9.17) is 0 Å². The lowest BCUT2D eigenvalue weighted by molar-refractivity contribution is 0.289. The van der Waals surface area contributed by atoms with Gasteiger partial charge in [-0.3, -0.25) is 0 Å². The fourth-order valence-electron chi connectivity index (χ4n) is 0.194. The van der Waals surface area contributed by atoms with Gasteiger partial charge in [0.15, 0.2) is 5.05 Å². The van der Waals surface area contributed by atoms with Gasteiger partial charge in [0.25, 0.3) is 0 Å². The van der Waals surface area contributed by atoms with Crippen LogP contribution in [0.15, 0.2) is 0 Å². The van der Waals surface area contributed by atoms with Crippen LogP contribution in [0.25, 0.3) is 0 Å². The van der Waals surface area contributed by atoms with Crippen molar-refractivity contribution in [2.75, 3.05) is 5.75 Å². The highest BCUT2D eigenvalue weighted by Crippen LogP contribution is 2.03. The van der Waals surface area contributed by atoms with Crippen LogP contribution in [0.2, 0.25) is 0 Å². The Morgan fingerprint density at radius 1 is 2.00 bits per heavy atom. The number of thiocarbonyl (C=S) groups is 1. The minimum absolute atomic E-state index is 0.639. The van der Waals surface area contributed by atoms with Crippen molar-refractivity contribution in [1.82, 2.24) is 4.89 Å². The summed E-state index contributed by atoms with van der Waals surface area (Å²) in [4.78, 5) is 7.14. The molecule has 1 aliphatic rings. The van der Waals surface area contributed by atoms with E-state index in [0.29, 0.717) is 5.05 Å². The SMILES string of the molecule is S=C1CSNO1. The first-order valence-corrected chi connectivity index (χ1v) is 2.85. The minimum atomic E-state index is 0.639. The molecule has 0 bridgehead atoms. The second-order valence-corrected chi connectivity index (χ2v) is 2.05. The van der Waals surface area contributed by atoms with Gasteiger partial charge in [-0.1, -0.05) is 4.89 Å². The lowest BCUT2D eigenvalue weighted by Crippen LogP contribution is -1.97. The second-order valence-electron chi connectivity index (χ2n) is 0.846. The molecule has 0 unspecified atom stereocenters. The molecular formula is C2H3NOS2. The maximum atomic E-state index is 4.61. The summed E-state index contributed by atoms with van der Waals surface area (Å²) >= 11 is 6.08. The third-order valence-electron chi connectivity index (χ3n) is 0.404. The molecule has 0 spiro atoms. The normalized spacial score (nSPS) is 21.0. The molecular weight excluding hydrogens is 118 g/mol. The van der Waals surface area contributed by atoms with E-state index in [-0.39, 0.29) is 0 Å². The third kappa shape index (κ3) is 0.830. The summed E-state index contributed by atoms with van der Waals surface area (Å²) in [7, 11) is 0. The molecule has 1 aliphatic heterocycles. The van der Waals surface area contributed by atoms with Crippen LogP contribution in [0.4, 0.5) is 0 Å².